The van der Waals surface area contributed by atoms with Crippen molar-refractivity contribution in [2.75, 3.05) is 6.61 Å². The van der Waals surface area contributed by atoms with Crippen molar-refractivity contribution in [3.63, 3.8) is 0 Å². The maximum Gasteiger partial charge on any atom is 0.263 e. The van der Waals surface area contributed by atoms with E-state index in [1.165, 1.54) is 6.08 Å². The third kappa shape index (κ3) is 5.35. The zero-order valence-corrected chi connectivity index (χ0v) is 18.4. The summed E-state index contributed by atoms with van der Waals surface area (Å²) in [4.78, 5) is 24.1. The first-order valence-electron chi connectivity index (χ1n) is 8.59. The standard InChI is InChI=1S/C20H16BrClN2O4S/c1-2-27-16-9-12(7-14-18(25)23-20(29)24-19(14)26)8-15(21)17(16)28-10-11-3-5-13(22)6-4-11/h3-9H,2,10H2,1H3,(H2,23,24,25,26,29). The van der Waals surface area contributed by atoms with Gasteiger partial charge in [0, 0.05) is 5.02 Å². The molecular weight excluding hydrogens is 480 g/mol. The molecular formula is C20H16BrClN2O4S. The summed E-state index contributed by atoms with van der Waals surface area (Å²) in [5.41, 5.74) is 1.48. The highest BCUT2D eigenvalue weighted by Gasteiger charge is 2.26. The minimum absolute atomic E-state index is 0.0146. The van der Waals surface area contributed by atoms with Crippen molar-refractivity contribution < 1.29 is 19.1 Å². The zero-order valence-electron chi connectivity index (χ0n) is 15.3. The van der Waals surface area contributed by atoms with E-state index in [2.05, 4.69) is 26.6 Å². The van der Waals surface area contributed by atoms with Gasteiger partial charge >= 0.3 is 0 Å². The Balaban J connectivity index is 1.88. The topological polar surface area (TPSA) is 76.7 Å². The molecule has 2 amide bonds. The van der Waals surface area contributed by atoms with E-state index >= 15 is 0 Å². The quantitative estimate of drug-likeness (QED) is 0.360. The number of halogens is 2. The second-order valence-corrected chi connectivity index (χ2v) is 7.67. The maximum absolute atomic E-state index is 12.1. The van der Waals surface area contributed by atoms with Gasteiger partial charge in [-0.15, -0.1) is 0 Å². The molecule has 2 N–H and O–H groups in total. The number of hydrogen-bond donors (Lipinski definition) is 2. The molecule has 0 aromatic heterocycles. The number of rotatable bonds is 6. The summed E-state index contributed by atoms with van der Waals surface area (Å²) in [7, 11) is 0. The summed E-state index contributed by atoms with van der Waals surface area (Å²) in [5, 5.41) is 5.44. The van der Waals surface area contributed by atoms with Crippen molar-refractivity contribution in [3.8, 4) is 11.5 Å². The Hall–Kier alpha value is -2.42. The normalized spacial score (nSPS) is 13.6. The SMILES string of the molecule is CCOc1cc(C=C2C(=O)NC(=S)NC2=O)cc(Br)c1OCc1ccc(Cl)cc1. The van der Waals surface area contributed by atoms with E-state index < -0.39 is 11.8 Å². The Kier molecular flexibility index (Phi) is 6.89. The lowest BCUT2D eigenvalue weighted by Crippen LogP contribution is -2.51. The van der Waals surface area contributed by atoms with E-state index in [4.69, 9.17) is 33.3 Å². The molecule has 1 fully saturated rings. The van der Waals surface area contributed by atoms with Crippen molar-refractivity contribution in [2.45, 2.75) is 13.5 Å². The molecule has 1 aliphatic rings. The van der Waals surface area contributed by atoms with E-state index in [1.807, 2.05) is 19.1 Å². The number of carbonyl (C=O) groups is 2. The predicted octanol–water partition coefficient (Wildman–Crippen LogP) is 3.99. The van der Waals surface area contributed by atoms with Crippen molar-refractivity contribution >= 4 is 62.8 Å². The third-order valence-corrected chi connectivity index (χ3v) is 4.93. The van der Waals surface area contributed by atoms with Gasteiger partial charge in [-0.25, -0.2) is 0 Å². The molecule has 2 aromatic rings. The van der Waals surface area contributed by atoms with Gasteiger partial charge < -0.3 is 9.47 Å². The summed E-state index contributed by atoms with van der Waals surface area (Å²) in [6, 6.07) is 10.8. The molecule has 0 radical (unpaired) electrons. The Morgan fingerprint density at radius 3 is 2.38 bits per heavy atom. The lowest BCUT2D eigenvalue weighted by atomic mass is 10.1. The fraction of sp³-hybridized carbons (Fsp3) is 0.150. The zero-order chi connectivity index (χ0) is 21.0. The average molecular weight is 496 g/mol. The monoisotopic (exact) mass is 494 g/mol. The van der Waals surface area contributed by atoms with Crippen molar-refractivity contribution in [1.82, 2.24) is 10.6 Å². The molecule has 0 unspecified atom stereocenters. The highest BCUT2D eigenvalue weighted by molar-refractivity contribution is 9.10. The molecule has 0 spiro atoms. The highest BCUT2D eigenvalue weighted by Crippen LogP contribution is 2.38. The molecule has 2 aromatic carbocycles. The molecule has 29 heavy (non-hydrogen) atoms. The minimum Gasteiger partial charge on any atom is -0.490 e. The summed E-state index contributed by atoms with van der Waals surface area (Å²) >= 11 is 14.2. The van der Waals surface area contributed by atoms with Crippen LogP contribution in [-0.4, -0.2) is 23.5 Å². The van der Waals surface area contributed by atoms with E-state index in [0.29, 0.717) is 39.8 Å². The summed E-state index contributed by atoms with van der Waals surface area (Å²) in [5.74, 6) is -0.121. The van der Waals surface area contributed by atoms with E-state index in [9.17, 15) is 9.59 Å². The van der Waals surface area contributed by atoms with Gasteiger partial charge in [0.05, 0.1) is 11.1 Å². The molecule has 150 valence electrons. The van der Waals surface area contributed by atoms with Crippen LogP contribution >= 0.6 is 39.7 Å². The van der Waals surface area contributed by atoms with Gasteiger partial charge in [0.2, 0.25) is 0 Å². The van der Waals surface area contributed by atoms with Gasteiger partial charge in [0.25, 0.3) is 11.8 Å². The molecule has 9 heteroatoms. The van der Waals surface area contributed by atoms with Gasteiger partial charge in [-0.05, 0) is 76.5 Å². The van der Waals surface area contributed by atoms with Crippen LogP contribution in [0.15, 0.2) is 46.4 Å². The van der Waals surface area contributed by atoms with E-state index in [0.717, 1.165) is 5.56 Å². The van der Waals surface area contributed by atoms with Gasteiger partial charge in [-0.3, -0.25) is 20.2 Å². The number of ether oxygens (including phenoxy) is 2. The summed E-state index contributed by atoms with van der Waals surface area (Å²) in [6.07, 6.45) is 1.46. The van der Waals surface area contributed by atoms with Crippen LogP contribution in [-0.2, 0) is 16.2 Å². The van der Waals surface area contributed by atoms with Crippen LogP contribution in [0.25, 0.3) is 6.08 Å². The Morgan fingerprint density at radius 1 is 1.10 bits per heavy atom. The maximum atomic E-state index is 12.1. The molecule has 1 saturated heterocycles. The smallest absolute Gasteiger partial charge is 0.263 e. The fourth-order valence-corrected chi connectivity index (χ4v) is 3.47. The van der Waals surface area contributed by atoms with Crippen LogP contribution in [0.1, 0.15) is 18.1 Å². The lowest BCUT2D eigenvalue weighted by Gasteiger charge is -2.17. The first-order valence-corrected chi connectivity index (χ1v) is 10.2. The van der Waals surface area contributed by atoms with Crippen LogP contribution in [0.3, 0.4) is 0 Å². The average Bonchev–Trinajstić information content (AvgIpc) is 2.65. The van der Waals surface area contributed by atoms with Crippen LogP contribution in [0.2, 0.25) is 5.02 Å². The first-order chi connectivity index (χ1) is 13.9. The summed E-state index contributed by atoms with van der Waals surface area (Å²) in [6.45, 7) is 2.59. The van der Waals surface area contributed by atoms with Gasteiger partial charge in [-0.1, -0.05) is 23.7 Å². The van der Waals surface area contributed by atoms with Gasteiger partial charge in [-0.2, -0.15) is 0 Å². The van der Waals surface area contributed by atoms with E-state index in [1.54, 1.807) is 24.3 Å². The second-order valence-electron chi connectivity index (χ2n) is 5.97. The van der Waals surface area contributed by atoms with Crippen molar-refractivity contribution in [1.29, 1.82) is 0 Å². The molecule has 0 aliphatic carbocycles. The van der Waals surface area contributed by atoms with E-state index in [-0.39, 0.29) is 10.7 Å². The van der Waals surface area contributed by atoms with Crippen LogP contribution in [0, 0.1) is 0 Å². The largest absolute Gasteiger partial charge is 0.490 e. The number of nitrogens with one attached hydrogen (secondary N) is 2. The van der Waals surface area contributed by atoms with Crippen molar-refractivity contribution in [3.05, 3.63) is 62.6 Å². The third-order valence-electron chi connectivity index (χ3n) is 3.88. The van der Waals surface area contributed by atoms with Crippen LogP contribution in [0.4, 0.5) is 0 Å². The highest BCUT2D eigenvalue weighted by atomic mass is 79.9. The number of benzene rings is 2. The van der Waals surface area contributed by atoms with Gasteiger partial charge in [0.15, 0.2) is 16.6 Å². The first kappa shape index (κ1) is 21.3. The van der Waals surface area contributed by atoms with Gasteiger partial charge in [0.1, 0.15) is 12.2 Å². The molecule has 3 rings (SSSR count). The van der Waals surface area contributed by atoms with Crippen LogP contribution < -0.4 is 20.1 Å². The lowest BCUT2D eigenvalue weighted by molar-refractivity contribution is -0.123. The van der Waals surface area contributed by atoms with Crippen molar-refractivity contribution in [2.24, 2.45) is 0 Å². The molecule has 6 nitrogen and oxygen atoms in total. The van der Waals surface area contributed by atoms with Crippen LogP contribution in [0.5, 0.6) is 11.5 Å². The molecule has 0 bridgehead atoms. The second kappa shape index (κ2) is 9.39. The molecule has 1 aliphatic heterocycles. The Morgan fingerprint density at radius 2 is 1.76 bits per heavy atom. The molecule has 0 atom stereocenters. The molecule has 0 saturated carbocycles. The number of hydrogen-bond acceptors (Lipinski definition) is 5. The minimum atomic E-state index is -0.559. The molecule has 1 heterocycles. The Bertz CT molecular complexity index is 986. The predicted molar refractivity (Wildman–Crippen MR) is 118 cm³/mol. The Labute approximate surface area is 186 Å². The number of thiocarbonyl (C=S) groups is 1. The number of amides is 2. The number of carbonyl (C=O) groups excluding carboxylic acids is 2. The fourth-order valence-electron chi connectivity index (χ4n) is 2.58. The summed E-state index contributed by atoms with van der Waals surface area (Å²) < 4.78 is 12.3.